The summed E-state index contributed by atoms with van der Waals surface area (Å²) < 4.78 is 4.98. The van der Waals surface area contributed by atoms with E-state index in [1.165, 1.54) is 0 Å². The van der Waals surface area contributed by atoms with Gasteiger partial charge in [0.25, 0.3) is 0 Å². The van der Waals surface area contributed by atoms with Gasteiger partial charge >= 0.3 is 5.97 Å². The van der Waals surface area contributed by atoms with E-state index in [2.05, 4.69) is 0 Å². The largest absolute Gasteiger partial charge is 0.464 e. The van der Waals surface area contributed by atoms with Crippen molar-refractivity contribution in [2.75, 3.05) is 6.61 Å². The molecule has 1 unspecified atom stereocenters. The summed E-state index contributed by atoms with van der Waals surface area (Å²) in [5, 5.41) is 0. The molecule has 1 amide bonds. The molecule has 2 rings (SSSR count). The summed E-state index contributed by atoms with van der Waals surface area (Å²) in [6.07, 6.45) is 0.260. The van der Waals surface area contributed by atoms with Crippen molar-refractivity contribution in [3.05, 3.63) is 35.9 Å². The van der Waals surface area contributed by atoms with E-state index >= 15 is 0 Å². The molecule has 96 valence electrons. The maximum Gasteiger partial charge on any atom is 0.329 e. The first-order chi connectivity index (χ1) is 8.65. The van der Waals surface area contributed by atoms with Gasteiger partial charge in [-0.1, -0.05) is 30.3 Å². The zero-order chi connectivity index (χ0) is 13.1. The van der Waals surface area contributed by atoms with E-state index in [0.717, 1.165) is 5.56 Å². The van der Waals surface area contributed by atoms with Crippen LogP contribution in [0.15, 0.2) is 30.3 Å². The quantitative estimate of drug-likeness (QED) is 0.603. The molecule has 1 saturated heterocycles. The molecule has 1 aliphatic heterocycles. The van der Waals surface area contributed by atoms with Crippen molar-refractivity contribution in [2.45, 2.75) is 32.4 Å². The first-order valence-corrected chi connectivity index (χ1v) is 6.18. The maximum atomic E-state index is 11.7. The van der Waals surface area contributed by atoms with E-state index in [4.69, 9.17) is 4.74 Å². The maximum absolute atomic E-state index is 11.7. The van der Waals surface area contributed by atoms with E-state index in [1.807, 2.05) is 37.3 Å². The number of β-lactam (4-membered cyclic amide) rings is 1. The van der Waals surface area contributed by atoms with Gasteiger partial charge in [0.05, 0.1) is 19.1 Å². The second-order valence-corrected chi connectivity index (χ2v) is 4.36. The van der Waals surface area contributed by atoms with Gasteiger partial charge < -0.3 is 9.64 Å². The van der Waals surface area contributed by atoms with Crippen molar-refractivity contribution >= 4 is 11.9 Å². The van der Waals surface area contributed by atoms with Crippen LogP contribution in [0, 0.1) is 0 Å². The second-order valence-electron chi connectivity index (χ2n) is 4.36. The predicted molar refractivity (Wildman–Crippen MR) is 66.7 cm³/mol. The van der Waals surface area contributed by atoms with Crippen LogP contribution in [0.3, 0.4) is 0 Å². The number of carbonyl (C=O) groups is 2. The van der Waals surface area contributed by atoms with Crippen LogP contribution < -0.4 is 0 Å². The number of esters is 1. The fourth-order valence-corrected chi connectivity index (χ4v) is 2.24. The molecule has 1 heterocycles. The summed E-state index contributed by atoms with van der Waals surface area (Å²) in [5.41, 5.74) is 1.03. The van der Waals surface area contributed by atoms with Gasteiger partial charge in [-0.15, -0.1) is 0 Å². The average molecular weight is 247 g/mol. The molecule has 2 atom stereocenters. The van der Waals surface area contributed by atoms with Crippen LogP contribution >= 0.6 is 0 Å². The highest BCUT2D eigenvalue weighted by Crippen LogP contribution is 2.31. The minimum absolute atomic E-state index is 0.00408. The van der Waals surface area contributed by atoms with Crippen molar-refractivity contribution < 1.29 is 14.3 Å². The highest BCUT2D eigenvalue weighted by molar-refractivity contribution is 5.95. The molecule has 0 aliphatic carbocycles. The highest BCUT2D eigenvalue weighted by atomic mass is 16.5. The lowest BCUT2D eigenvalue weighted by Gasteiger charge is -2.42. The van der Waals surface area contributed by atoms with E-state index in [9.17, 15) is 9.59 Å². The Morgan fingerprint density at radius 3 is 2.67 bits per heavy atom. The number of carbonyl (C=O) groups excluding carboxylic acids is 2. The summed E-state index contributed by atoms with van der Waals surface area (Å²) in [4.78, 5) is 25.0. The number of nitrogens with zero attached hydrogens (tertiary/aromatic N) is 1. The van der Waals surface area contributed by atoms with E-state index < -0.39 is 6.04 Å². The van der Waals surface area contributed by atoms with Gasteiger partial charge in [-0.2, -0.15) is 0 Å². The first-order valence-electron chi connectivity index (χ1n) is 6.18. The zero-order valence-electron chi connectivity index (χ0n) is 10.6. The Morgan fingerprint density at radius 1 is 1.44 bits per heavy atom. The minimum Gasteiger partial charge on any atom is -0.464 e. The number of rotatable bonds is 4. The normalized spacial score (nSPS) is 20.2. The summed E-state index contributed by atoms with van der Waals surface area (Å²) in [6.45, 7) is 4.04. The molecule has 4 nitrogen and oxygen atoms in total. The molecule has 0 saturated carbocycles. The lowest BCUT2D eigenvalue weighted by atomic mass is 9.95. The third kappa shape index (κ3) is 2.23. The number of amides is 1. The van der Waals surface area contributed by atoms with Crippen molar-refractivity contribution in [2.24, 2.45) is 0 Å². The monoisotopic (exact) mass is 247 g/mol. The Kier molecular flexibility index (Phi) is 3.65. The number of benzene rings is 1. The molecule has 1 aromatic carbocycles. The standard InChI is InChI=1S/C14H17NO3/c1-3-18-14(17)12-9-13(16)15(12)10(2)11-7-5-4-6-8-11/h4-8,10,12H,3,9H2,1-2H3/t10-,12?/m1/s1. The molecule has 0 aromatic heterocycles. The van der Waals surface area contributed by atoms with Crippen LogP contribution in [-0.4, -0.2) is 29.4 Å². The van der Waals surface area contributed by atoms with Crippen molar-refractivity contribution in [3.8, 4) is 0 Å². The third-order valence-corrected chi connectivity index (χ3v) is 3.25. The van der Waals surface area contributed by atoms with Crippen LogP contribution in [0.5, 0.6) is 0 Å². The van der Waals surface area contributed by atoms with Gasteiger partial charge in [0.15, 0.2) is 0 Å². The molecule has 1 aliphatic rings. The summed E-state index contributed by atoms with van der Waals surface area (Å²) >= 11 is 0. The van der Waals surface area contributed by atoms with E-state index in [1.54, 1.807) is 11.8 Å². The molecule has 0 N–H and O–H groups in total. The van der Waals surface area contributed by atoms with Crippen LogP contribution in [-0.2, 0) is 14.3 Å². The average Bonchev–Trinajstić information content (AvgIpc) is 2.37. The molecule has 4 heteroatoms. The van der Waals surface area contributed by atoms with Gasteiger partial charge in [0.1, 0.15) is 6.04 Å². The van der Waals surface area contributed by atoms with Gasteiger partial charge in [-0.3, -0.25) is 4.79 Å². The molecule has 0 bridgehead atoms. The summed E-state index contributed by atoms with van der Waals surface area (Å²) in [5.74, 6) is -0.302. The predicted octanol–water partition coefficient (Wildman–Crippen LogP) is 1.91. The van der Waals surface area contributed by atoms with Crippen molar-refractivity contribution in [1.29, 1.82) is 0 Å². The van der Waals surface area contributed by atoms with E-state index in [-0.39, 0.29) is 24.3 Å². The molecule has 0 radical (unpaired) electrons. The van der Waals surface area contributed by atoms with Crippen LogP contribution in [0.2, 0.25) is 0 Å². The smallest absolute Gasteiger partial charge is 0.329 e. The van der Waals surface area contributed by atoms with Gasteiger partial charge in [0.2, 0.25) is 5.91 Å². The zero-order valence-corrected chi connectivity index (χ0v) is 10.6. The Morgan fingerprint density at radius 2 is 2.11 bits per heavy atom. The number of ether oxygens (including phenoxy) is 1. The Balaban J connectivity index is 2.11. The van der Waals surface area contributed by atoms with Gasteiger partial charge in [0, 0.05) is 0 Å². The molecule has 1 fully saturated rings. The van der Waals surface area contributed by atoms with Gasteiger partial charge in [-0.25, -0.2) is 4.79 Å². The SMILES string of the molecule is CCOC(=O)C1CC(=O)N1[C@H](C)c1ccccc1. The Labute approximate surface area is 107 Å². The molecular formula is C14H17NO3. The Bertz CT molecular complexity index is 444. The number of hydrogen-bond acceptors (Lipinski definition) is 3. The Hall–Kier alpha value is -1.84. The molecular weight excluding hydrogens is 230 g/mol. The molecule has 0 spiro atoms. The third-order valence-electron chi connectivity index (χ3n) is 3.25. The summed E-state index contributed by atoms with van der Waals surface area (Å²) in [6, 6.07) is 9.17. The van der Waals surface area contributed by atoms with Crippen LogP contribution in [0.4, 0.5) is 0 Å². The lowest BCUT2D eigenvalue weighted by Crippen LogP contribution is -2.57. The number of likely N-dealkylation sites (tertiary alicyclic amines) is 1. The van der Waals surface area contributed by atoms with Crippen LogP contribution in [0.1, 0.15) is 31.9 Å². The van der Waals surface area contributed by atoms with Crippen molar-refractivity contribution in [1.82, 2.24) is 4.90 Å². The molecule has 1 aromatic rings. The highest BCUT2D eigenvalue weighted by Gasteiger charge is 2.44. The second kappa shape index (κ2) is 5.21. The van der Waals surface area contributed by atoms with Gasteiger partial charge in [-0.05, 0) is 19.4 Å². The fourth-order valence-electron chi connectivity index (χ4n) is 2.24. The summed E-state index contributed by atoms with van der Waals surface area (Å²) in [7, 11) is 0. The minimum atomic E-state index is -0.423. The lowest BCUT2D eigenvalue weighted by molar-refractivity contribution is -0.168. The van der Waals surface area contributed by atoms with Crippen LogP contribution in [0.25, 0.3) is 0 Å². The molecule has 18 heavy (non-hydrogen) atoms. The van der Waals surface area contributed by atoms with E-state index in [0.29, 0.717) is 6.61 Å². The van der Waals surface area contributed by atoms with Crippen molar-refractivity contribution in [3.63, 3.8) is 0 Å². The first kappa shape index (κ1) is 12.6. The number of hydrogen-bond donors (Lipinski definition) is 0. The fraction of sp³-hybridized carbons (Fsp3) is 0.429. The topological polar surface area (TPSA) is 46.6 Å².